The first-order chi connectivity index (χ1) is 7.33. The van der Waals surface area contributed by atoms with Crippen LogP contribution in [0.15, 0.2) is 18.2 Å². The predicted molar refractivity (Wildman–Crippen MR) is 56.8 cm³/mol. The van der Waals surface area contributed by atoms with Crippen molar-refractivity contribution in [3.8, 4) is 5.75 Å². The van der Waals surface area contributed by atoms with Gasteiger partial charge in [0.2, 0.25) is 0 Å². The van der Waals surface area contributed by atoms with Crippen molar-refractivity contribution >= 4 is 0 Å². The molecule has 90 valence electrons. The van der Waals surface area contributed by atoms with Gasteiger partial charge in [-0.3, -0.25) is 0 Å². The van der Waals surface area contributed by atoms with Crippen LogP contribution in [-0.2, 0) is 6.42 Å². The Morgan fingerprint density at radius 1 is 1.25 bits per heavy atom. The lowest BCUT2D eigenvalue weighted by Gasteiger charge is -2.14. The van der Waals surface area contributed by atoms with E-state index in [4.69, 9.17) is 4.74 Å². The zero-order valence-electron chi connectivity index (χ0n) is 9.56. The lowest BCUT2D eigenvalue weighted by atomic mass is 9.99. The van der Waals surface area contributed by atoms with Gasteiger partial charge in [0.25, 0.3) is 0 Å². The molecule has 0 atom stereocenters. The molecule has 0 aliphatic rings. The smallest absolute Gasteiger partial charge is 0.393 e. The summed E-state index contributed by atoms with van der Waals surface area (Å²) in [7, 11) is 1.38. The third-order valence-corrected chi connectivity index (χ3v) is 2.36. The summed E-state index contributed by atoms with van der Waals surface area (Å²) in [6.45, 7) is 3.89. The number of alkyl halides is 3. The van der Waals surface area contributed by atoms with Gasteiger partial charge in [-0.2, -0.15) is 13.2 Å². The van der Waals surface area contributed by atoms with Gasteiger partial charge >= 0.3 is 6.18 Å². The molecule has 0 radical (unpaired) electrons. The van der Waals surface area contributed by atoms with Crippen molar-refractivity contribution in [2.45, 2.75) is 32.4 Å². The molecule has 0 unspecified atom stereocenters. The maximum Gasteiger partial charge on any atom is 0.393 e. The Labute approximate surface area is 93.2 Å². The molecule has 0 amide bonds. The number of rotatable bonds is 3. The van der Waals surface area contributed by atoms with Gasteiger partial charge in [0.05, 0.1) is 13.5 Å². The third-order valence-electron chi connectivity index (χ3n) is 2.36. The minimum Gasteiger partial charge on any atom is -0.496 e. The molecular formula is C12H15F3O. The van der Waals surface area contributed by atoms with Crippen molar-refractivity contribution in [2.75, 3.05) is 7.11 Å². The van der Waals surface area contributed by atoms with Gasteiger partial charge < -0.3 is 4.74 Å². The molecule has 1 aromatic carbocycles. The molecule has 1 nitrogen and oxygen atoms in total. The quantitative estimate of drug-likeness (QED) is 0.767. The molecule has 0 heterocycles. The van der Waals surface area contributed by atoms with Crippen LogP contribution in [0.1, 0.15) is 30.9 Å². The Hall–Kier alpha value is -1.19. The van der Waals surface area contributed by atoms with Crippen LogP contribution < -0.4 is 4.74 Å². The van der Waals surface area contributed by atoms with E-state index in [1.165, 1.54) is 7.11 Å². The molecule has 1 aromatic rings. The van der Waals surface area contributed by atoms with Crippen LogP contribution in [0.3, 0.4) is 0 Å². The first-order valence-corrected chi connectivity index (χ1v) is 5.07. The highest BCUT2D eigenvalue weighted by Gasteiger charge is 2.29. The van der Waals surface area contributed by atoms with Gasteiger partial charge in [-0.1, -0.05) is 26.0 Å². The zero-order valence-corrected chi connectivity index (χ0v) is 9.56. The lowest BCUT2D eigenvalue weighted by molar-refractivity contribution is -0.127. The fourth-order valence-electron chi connectivity index (χ4n) is 1.51. The van der Waals surface area contributed by atoms with Crippen molar-refractivity contribution in [1.82, 2.24) is 0 Å². The van der Waals surface area contributed by atoms with E-state index in [0.717, 1.165) is 5.56 Å². The van der Waals surface area contributed by atoms with Crippen LogP contribution in [0.25, 0.3) is 0 Å². The van der Waals surface area contributed by atoms with E-state index >= 15 is 0 Å². The van der Waals surface area contributed by atoms with Crippen LogP contribution in [0.2, 0.25) is 0 Å². The summed E-state index contributed by atoms with van der Waals surface area (Å²) in [5.41, 5.74) is 1.08. The maximum absolute atomic E-state index is 12.3. The topological polar surface area (TPSA) is 9.23 Å². The molecule has 0 fully saturated rings. The molecule has 0 saturated carbocycles. The van der Waals surface area contributed by atoms with Gasteiger partial charge in [0, 0.05) is 5.56 Å². The molecule has 0 aromatic heterocycles. The second-order valence-electron chi connectivity index (χ2n) is 4.02. The standard InChI is InChI=1S/C12H15F3O/c1-8(2)9-4-5-11(16-3)10(6-9)7-12(13,14)15/h4-6,8H,7H2,1-3H3. The maximum atomic E-state index is 12.3. The minimum absolute atomic E-state index is 0.196. The summed E-state index contributed by atoms with van der Waals surface area (Å²) in [6.07, 6.45) is -5.15. The van der Waals surface area contributed by atoms with E-state index in [1.807, 2.05) is 13.8 Å². The highest BCUT2D eigenvalue weighted by Crippen LogP contribution is 2.30. The molecule has 16 heavy (non-hydrogen) atoms. The Bertz CT molecular complexity index is 356. The van der Waals surface area contributed by atoms with Crippen LogP contribution >= 0.6 is 0 Å². The molecule has 1 rings (SSSR count). The average Bonchev–Trinajstić information content (AvgIpc) is 2.15. The summed E-state index contributed by atoms with van der Waals surface area (Å²) >= 11 is 0. The predicted octanol–water partition coefficient (Wildman–Crippen LogP) is 3.92. The zero-order chi connectivity index (χ0) is 12.3. The lowest BCUT2D eigenvalue weighted by Crippen LogP contribution is -2.12. The largest absolute Gasteiger partial charge is 0.496 e. The van der Waals surface area contributed by atoms with E-state index < -0.39 is 12.6 Å². The van der Waals surface area contributed by atoms with E-state index in [1.54, 1.807) is 18.2 Å². The van der Waals surface area contributed by atoms with Gasteiger partial charge in [-0.05, 0) is 17.5 Å². The van der Waals surface area contributed by atoms with Crippen LogP contribution in [0.4, 0.5) is 13.2 Å². The van der Waals surface area contributed by atoms with Crippen molar-refractivity contribution in [3.63, 3.8) is 0 Å². The highest BCUT2D eigenvalue weighted by molar-refractivity contribution is 5.38. The van der Waals surface area contributed by atoms with Gasteiger partial charge in [-0.15, -0.1) is 0 Å². The SMILES string of the molecule is COc1ccc(C(C)C)cc1CC(F)(F)F. The molecule has 0 bridgehead atoms. The highest BCUT2D eigenvalue weighted by atomic mass is 19.4. The number of ether oxygens (including phenoxy) is 1. The van der Waals surface area contributed by atoms with Crippen LogP contribution in [0, 0.1) is 0 Å². The van der Waals surface area contributed by atoms with Gasteiger partial charge in [-0.25, -0.2) is 0 Å². The fraction of sp³-hybridized carbons (Fsp3) is 0.500. The fourth-order valence-corrected chi connectivity index (χ4v) is 1.51. The molecule has 0 spiro atoms. The Kier molecular flexibility index (Phi) is 3.83. The number of benzene rings is 1. The van der Waals surface area contributed by atoms with Crippen molar-refractivity contribution in [2.24, 2.45) is 0 Å². The summed E-state index contributed by atoms with van der Waals surface area (Å²) in [5, 5.41) is 0. The van der Waals surface area contributed by atoms with E-state index in [-0.39, 0.29) is 11.5 Å². The van der Waals surface area contributed by atoms with E-state index in [0.29, 0.717) is 5.75 Å². The monoisotopic (exact) mass is 232 g/mol. The molecular weight excluding hydrogens is 217 g/mol. The molecule has 0 saturated heterocycles. The van der Waals surface area contributed by atoms with Crippen LogP contribution in [-0.4, -0.2) is 13.3 Å². The first kappa shape index (κ1) is 12.9. The Balaban J connectivity index is 3.07. The van der Waals surface area contributed by atoms with Crippen molar-refractivity contribution < 1.29 is 17.9 Å². The van der Waals surface area contributed by atoms with Crippen LogP contribution in [0.5, 0.6) is 5.75 Å². The summed E-state index contributed by atoms with van der Waals surface area (Å²) < 4.78 is 41.9. The van der Waals surface area contributed by atoms with Crippen molar-refractivity contribution in [1.29, 1.82) is 0 Å². The van der Waals surface area contributed by atoms with Gasteiger partial charge in [0.15, 0.2) is 0 Å². The number of hydrogen-bond donors (Lipinski definition) is 0. The third kappa shape index (κ3) is 3.43. The van der Waals surface area contributed by atoms with E-state index in [2.05, 4.69) is 0 Å². The normalized spacial score (nSPS) is 11.9. The average molecular weight is 232 g/mol. The number of halogens is 3. The molecule has 0 aliphatic carbocycles. The molecule has 4 heteroatoms. The second-order valence-corrected chi connectivity index (χ2v) is 4.02. The summed E-state index contributed by atoms with van der Waals surface area (Å²) in [6, 6.07) is 4.96. The van der Waals surface area contributed by atoms with Gasteiger partial charge in [0.1, 0.15) is 5.75 Å². The first-order valence-electron chi connectivity index (χ1n) is 5.07. The summed E-state index contributed by atoms with van der Waals surface area (Å²) in [5.74, 6) is 0.500. The Morgan fingerprint density at radius 3 is 2.31 bits per heavy atom. The number of methoxy groups -OCH3 is 1. The number of hydrogen-bond acceptors (Lipinski definition) is 1. The van der Waals surface area contributed by atoms with Crippen molar-refractivity contribution in [3.05, 3.63) is 29.3 Å². The molecule has 0 N–H and O–H groups in total. The molecule has 0 aliphatic heterocycles. The summed E-state index contributed by atoms with van der Waals surface area (Å²) in [4.78, 5) is 0. The van der Waals surface area contributed by atoms with E-state index in [9.17, 15) is 13.2 Å². The second kappa shape index (κ2) is 4.76. The minimum atomic E-state index is -4.21. The Morgan fingerprint density at radius 2 is 1.88 bits per heavy atom.